The predicted octanol–water partition coefficient (Wildman–Crippen LogP) is 2.55. The molecule has 5 nitrogen and oxygen atoms in total. The number of thiazole rings is 1. The molecule has 0 bridgehead atoms. The summed E-state index contributed by atoms with van der Waals surface area (Å²) >= 11 is 1.27. The van der Waals surface area contributed by atoms with Gasteiger partial charge >= 0.3 is 5.97 Å². The fraction of sp³-hybridized carbons (Fsp3) is 0.312. The van der Waals surface area contributed by atoms with E-state index >= 15 is 0 Å². The van der Waals surface area contributed by atoms with Crippen LogP contribution >= 0.6 is 11.3 Å². The first-order valence-corrected chi connectivity index (χ1v) is 7.86. The van der Waals surface area contributed by atoms with Gasteiger partial charge in [-0.1, -0.05) is 12.1 Å². The molecule has 2 rings (SSSR count). The Hall–Kier alpha value is -2.28. The topological polar surface area (TPSA) is 68.3 Å². The van der Waals surface area contributed by atoms with Gasteiger partial charge < -0.3 is 10.1 Å². The van der Waals surface area contributed by atoms with E-state index in [-0.39, 0.29) is 30.2 Å². The number of methoxy groups -OCH3 is 1. The minimum Gasteiger partial charge on any atom is -0.469 e. The zero-order valence-electron chi connectivity index (χ0n) is 12.8. The third kappa shape index (κ3) is 5.14. The monoisotopic (exact) mass is 336 g/mol. The van der Waals surface area contributed by atoms with Crippen molar-refractivity contribution in [1.29, 1.82) is 0 Å². The zero-order valence-corrected chi connectivity index (χ0v) is 13.7. The molecule has 0 unspecified atom stereocenters. The molecule has 0 aliphatic rings. The Labute approximate surface area is 137 Å². The van der Waals surface area contributed by atoms with Crippen molar-refractivity contribution in [1.82, 2.24) is 10.3 Å². The lowest BCUT2D eigenvalue weighted by Gasteiger charge is -2.11. The Morgan fingerprint density at radius 1 is 1.35 bits per heavy atom. The van der Waals surface area contributed by atoms with Gasteiger partial charge in [-0.3, -0.25) is 9.59 Å². The highest BCUT2D eigenvalue weighted by molar-refractivity contribution is 7.13. The van der Waals surface area contributed by atoms with E-state index in [9.17, 15) is 14.0 Å². The molecule has 1 heterocycles. The minimum atomic E-state index is -0.376. The molecule has 1 aromatic heterocycles. The van der Waals surface area contributed by atoms with Gasteiger partial charge in [0.25, 0.3) is 5.91 Å². The first-order valence-electron chi connectivity index (χ1n) is 7.04. The van der Waals surface area contributed by atoms with Crippen molar-refractivity contribution in [2.24, 2.45) is 0 Å². The van der Waals surface area contributed by atoms with Crippen molar-refractivity contribution < 1.29 is 18.7 Å². The van der Waals surface area contributed by atoms with Gasteiger partial charge in [0, 0.05) is 12.5 Å². The maximum absolute atomic E-state index is 12.9. The molecular weight excluding hydrogens is 319 g/mol. The van der Waals surface area contributed by atoms with Crippen LogP contribution in [0.4, 0.5) is 4.39 Å². The molecule has 0 saturated carbocycles. The van der Waals surface area contributed by atoms with E-state index in [0.29, 0.717) is 11.3 Å². The van der Waals surface area contributed by atoms with Gasteiger partial charge in [-0.2, -0.15) is 0 Å². The molecule has 0 aliphatic heterocycles. The number of amides is 1. The number of halogens is 1. The van der Waals surface area contributed by atoms with Gasteiger partial charge in [-0.15, -0.1) is 11.3 Å². The van der Waals surface area contributed by atoms with Crippen molar-refractivity contribution in [3.63, 3.8) is 0 Å². The van der Waals surface area contributed by atoms with E-state index < -0.39 is 0 Å². The van der Waals surface area contributed by atoms with Gasteiger partial charge in [-0.05, 0) is 24.6 Å². The summed E-state index contributed by atoms with van der Waals surface area (Å²) in [6, 6.07) is 5.84. The highest BCUT2D eigenvalue weighted by atomic mass is 32.1. The Bertz CT molecular complexity index is 685. The normalized spacial score (nSPS) is 11.8. The summed E-state index contributed by atoms with van der Waals surface area (Å²) in [6.07, 6.45) is 2.16. The van der Waals surface area contributed by atoms with Crippen LogP contribution in [0.3, 0.4) is 0 Å². The highest BCUT2D eigenvalue weighted by Gasteiger charge is 2.16. The Balaban J connectivity index is 1.94. The van der Waals surface area contributed by atoms with Crippen molar-refractivity contribution in [3.05, 3.63) is 51.7 Å². The lowest BCUT2D eigenvalue weighted by molar-refractivity contribution is -0.141. The number of aromatic nitrogens is 1. The number of nitrogens with one attached hydrogen (secondary N) is 1. The van der Waals surface area contributed by atoms with E-state index in [0.717, 1.165) is 10.6 Å². The second-order valence-corrected chi connectivity index (χ2v) is 6.19. The van der Waals surface area contributed by atoms with Crippen LogP contribution in [-0.2, 0) is 16.0 Å². The number of carbonyl (C=O) groups is 2. The van der Waals surface area contributed by atoms with E-state index in [1.807, 2.05) is 0 Å². The number of ether oxygens (including phenoxy) is 1. The van der Waals surface area contributed by atoms with Gasteiger partial charge in [0.05, 0.1) is 24.7 Å². The van der Waals surface area contributed by atoms with Crippen LogP contribution in [-0.4, -0.2) is 30.0 Å². The van der Waals surface area contributed by atoms with Gasteiger partial charge in [0.2, 0.25) is 0 Å². The fourth-order valence-electron chi connectivity index (χ4n) is 1.95. The summed E-state index contributed by atoms with van der Waals surface area (Å²) < 4.78 is 17.4. The van der Waals surface area contributed by atoms with Crippen LogP contribution in [0.2, 0.25) is 0 Å². The molecule has 1 atom stereocenters. The summed E-state index contributed by atoms with van der Waals surface area (Å²) in [4.78, 5) is 27.9. The zero-order chi connectivity index (χ0) is 16.8. The average molecular weight is 336 g/mol. The van der Waals surface area contributed by atoms with Crippen LogP contribution in [0, 0.1) is 5.82 Å². The SMILES string of the molecule is COC(=O)C[C@H](C)NC(=O)c1cnc(Cc2ccc(F)cc2)s1. The molecule has 1 amide bonds. The standard InChI is InChI=1S/C16H17FN2O3S/c1-10(7-15(20)22-2)19-16(21)13-9-18-14(23-13)8-11-3-5-12(17)6-4-11/h3-6,9-10H,7-8H2,1-2H3,(H,19,21)/t10-/m0/s1. The van der Waals surface area contributed by atoms with E-state index in [1.165, 1.54) is 36.8 Å². The lowest BCUT2D eigenvalue weighted by atomic mass is 10.2. The summed E-state index contributed by atoms with van der Waals surface area (Å²) in [5.41, 5.74) is 0.923. The van der Waals surface area contributed by atoms with Gasteiger partial charge in [0.1, 0.15) is 10.7 Å². The Kier molecular flexibility index (Phi) is 5.81. The number of nitrogens with zero attached hydrogens (tertiary/aromatic N) is 1. The molecule has 23 heavy (non-hydrogen) atoms. The third-order valence-electron chi connectivity index (χ3n) is 3.12. The minimum absolute atomic E-state index is 0.115. The molecule has 1 aromatic carbocycles. The average Bonchev–Trinajstić information content (AvgIpc) is 2.98. The largest absolute Gasteiger partial charge is 0.469 e. The maximum Gasteiger partial charge on any atom is 0.307 e. The Morgan fingerprint density at radius 2 is 2.04 bits per heavy atom. The molecule has 0 saturated heterocycles. The third-order valence-corrected chi connectivity index (χ3v) is 4.12. The van der Waals surface area contributed by atoms with Crippen LogP contribution in [0.1, 0.15) is 33.6 Å². The molecule has 0 aliphatic carbocycles. The van der Waals surface area contributed by atoms with E-state index in [2.05, 4.69) is 15.0 Å². The number of rotatable bonds is 6. The lowest BCUT2D eigenvalue weighted by Crippen LogP contribution is -2.34. The van der Waals surface area contributed by atoms with Gasteiger partial charge in [-0.25, -0.2) is 9.37 Å². The fourth-order valence-corrected chi connectivity index (χ4v) is 2.81. The predicted molar refractivity (Wildman–Crippen MR) is 84.9 cm³/mol. The summed E-state index contributed by atoms with van der Waals surface area (Å²) in [6.45, 7) is 1.73. The van der Waals surface area contributed by atoms with Crippen molar-refractivity contribution in [2.75, 3.05) is 7.11 Å². The molecule has 7 heteroatoms. The molecule has 0 spiro atoms. The smallest absolute Gasteiger partial charge is 0.307 e. The van der Waals surface area contributed by atoms with Crippen LogP contribution < -0.4 is 5.32 Å². The molecular formula is C16H17FN2O3S. The second kappa shape index (κ2) is 7.82. The Morgan fingerprint density at radius 3 is 2.70 bits per heavy atom. The first kappa shape index (κ1) is 17.1. The summed E-state index contributed by atoms with van der Waals surface area (Å²) in [5, 5.41) is 3.49. The van der Waals surface area contributed by atoms with Crippen molar-refractivity contribution in [3.8, 4) is 0 Å². The van der Waals surface area contributed by atoms with Crippen LogP contribution in [0.15, 0.2) is 30.5 Å². The number of hydrogen-bond donors (Lipinski definition) is 1. The van der Waals surface area contributed by atoms with Crippen molar-refractivity contribution >= 4 is 23.2 Å². The molecule has 122 valence electrons. The number of esters is 1. The van der Waals surface area contributed by atoms with E-state index in [4.69, 9.17) is 0 Å². The van der Waals surface area contributed by atoms with E-state index in [1.54, 1.807) is 19.1 Å². The van der Waals surface area contributed by atoms with Gasteiger partial charge in [0.15, 0.2) is 0 Å². The summed E-state index contributed by atoms with van der Waals surface area (Å²) in [7, 11) is 1.31. The summed E-state index contributed by atoms with van der Waals surface area (Å²) in [5.74, 6) is -0.934. The highest BCUT2D eigenvalue weighted by Crippen LogP contribution is 2.17. The van der Waals surface area contributed by atoms with Crippen LogP contribution in [0.25, 0.3) is 0 Å². The molecule has 0 fully saturated rings. The number of benzene rings is 1. The molecule has 2 aromatic rings. The first-order chi connectivity index (χ1) is 11.0. The second-order valence-electron chi connectivity index (χ2n) is 5.08. The number of hydrogen-bond acceptors (Lipinski definition) is 5. The molecule has 0 radical (unpaired) electrons. The maximum atomic E-state index is 12.9. The quantitative estimate of drug-likeness (QED) is 0.823. The molecule has 1 N–H and O–H groups in total. The van der Waals surface area contributed by atoms with Crippen LogP contribution in [0.5, 0.6) is 0 Å². The van der Waals surface area contributed by atoms with Crippen molar-refractivity contribution in [2.45, 2.75) is 25.8 Å². The number of carbonyl (C=O) groups excluding carboxylic acids is 2.